The third-order valence-corrected chi connectivity index (χ3v) is 5.56. The number of fused-ring (bicyclic) bond motifs is 1. The first-order valence-corrected chi connectivity index (χ1v) is 9.36. The molecule has 1 saturated heterocycles. The number of carbonyl (C=O) groups excluding carboxylic acids is 1. The lowest BCUT2D eigenvalue weighted by Gasteiger charge is -2.37. The summed E-state index contributed by atoms with van der Waals surface area (Å²) in [6.07, 6.45) is 4.99. The van der Waals surface area contributed by atoms with E-state index in [4.69, 9.17) is 0 Å². The number of nitrogens with zero attached hydrogens (tertiary/aromatic N) is 2. The highest BCUT2D eigenvalue weighted by atomic mass is 16.2. The molecule has 0 radical (unpaired) electrons. The van der Waals surface area contributed by atoms with E-state index >= 15 is 0 Å². The fourth-order valence-electron chi connectivity index (χ4n) is 3.99. The summed E-state index contributed by atoms with van der Waals surface area (Å²) < 4.78 is 0. The molecule has 1 aromatic carbocycles. The first-order chi connectivity index (χ1) is 11.5. The van der Waals surface area contributed by atoms with Crippen LogP contribution in [0, 0.1) is 0 Å². The smallest absolute Gasteiger partial charge is 0.234 e. The fourth-order valence-corrected chi connectivity index (χ4v) is 3.99. The summed E-state index contributed by atoms with van der Waals surface area (Å²) in [4.78, 5) is 17.1. The van der Waals surface area contributed by atoms with Gasteiger partial charge in [-0.3, -0.25) is 9.69 Å². The van der Waals surface area contributed by atoms with E-state index in [1.807, 2.05) is 0 Å². The van der Waals surface area contributed by atoms with Gasteiger partial charge in [-0.2, -0.15) is 0 Å². The minimum absolute atomic E-state index is 0.0764. The molecule has 2 aliphatic rings. The topological polar surface area (TPSA) is 35.6 Å². The number of amides is 1. The van der Waals surface area contributed by atoms with Gasteiger partial charge in [-0.15, -0.1) is 0 Å². The second-order valence-electron chi connectivity index (χ2n) is 7.61. The number of aryl methyl sites for hydroxylation is 2. The van der Waals surface area contributed by atoms with Crippen LogP contribution in [0.3, 0.4) is 0 Å². The highest BCUT2D eigenvalue weighted by Crippen LogP contribution is 2.24. The van der Waals surface area contributed by atoms with Crippen molar-refractivity contribution in [2.45, 2.75) is 51.6 Å². The van der Waals surface area contributed by atoms with Gasteiger partial charge in [0.05, 0.1) is 12.6 Å². The Morgan fingerprint density at radius 2 is 2.00 bits per heavy atom. The number of hydrogen-bond acceptors (Lipinski definition) is 3. The number of carbonyl (C=O) groups is 1. The molecule has 1 aliphatic carbocycles. The fraction of sp³-hybridized carbons (Fsp3) is 0.650. The maximum atomic E-state index is 12.4. The van der Waals surface area contributed by atoms with Crippen LogP contribution >= 0.6 is 0 Å². The van der Waals surface area contributed by atoms with Crippen molar-refractivity contribution in [3.05, 3.63) is 34.9 Å². The predicted molar refractivity (Wildman–Crippen MR) is 98.2 cm³/mol. The molecule has 24 heavy (non-hydrogen) atoms. The van der Waals surface area contributed by atoms with Crippen molar-refractivity contribution in [1.29, 1.82) is 0 Å². The van der Waals surface area contributed by atoms with Crippen molar-refractivity contribution >= 4 is 5.91 Å². The molecular weight excluding hydrogens is 298 g/mol. The highest BCUT2D eigenvalue weighted by Gasteiger charge is 2.24. The van der Waals surface area contributed by atoms with Crippen LogP contribution in [-0.2, 0) is 17.6 Å². The summed E-state index contributed by atoms with van der Waals surface area (Å²) >= 11 is 0. The average molecular weight is 329 g/mol. The second-order valence-corrected chi connectivity index (χ2v) is 7.61. The van der Waals surface area contributed by atoms with Gasteiger partial charge in [0.2, 0.25) is 5.91 Å². The predicted octanol–water partition coefficient (Wildman–Crippen LogP) is 2.38. The van der Waals surface area contributed by atoms with E-state index in [9.17, 15) is 4.79 Å². The third-order valence-electron chi connectivity index (χ3n) is 5.56. The third kappa shape index (κ3) is 4.17. The maximum Gasteiger partial charge on any atom is 0.234 e. The zero-order valence-corrected chi connectivity index (χ0v) is 15.3. The highest BCUT2D eigenvalue weighted by molar-refractivity contribution is 5.78. The Kier molecular flexibility index (Phi) is 5.57. The molecule has 1 N–H and O–H groups in total. The lowest BCUT2D eigenvalue weighted by atomic mass is 9.89. The first kappa shape index (κ1) is 17.4. The zero-order valence-electron chi connectivity index (χ0n) is 15.3. The molecule has 2 atom stereocenters. The monoisotopic (exact) mass is 329 g/mol. The number of piperazine rings is 1. The van der Waals surface area contributed by atoms with Crippen molar-refractivity contribution in [2.75, 3.05) is 33.2 Å². The van der Waals surface area contributed by atoms with Crippen LogP contribution in [0.1, 0.15) is 49.4 Å². The number of nitrogens with one attached hydrogen (secondary N) is 1. The van der Waals surface area contributed by atoms with Crippen molar-refractivity contribution in [1.82, 2.24) is 15.1 Å². The maximum absolute atomic E-state index is 12.4. The van der Waals surface area contributed by atoms with Gasteiger partial charge in [0.1, 0.15) is 0 Å². The molecule has 3 rings (SSSR count). The zero-order chi connectivity index (χ0) is 17.1. The normalized spacial score (nSPS) is 23.5. The molecule has 132 valence electrons. The quantitative estimate of drug-likeness (QED) is 0.921. The summed E-state index contributed by atoms with van der Waals surface area (Å²) in [5.74, 6) is 0.136. The van der Waals surface area contributed by atoms with Crippen molar-refractivity contribution in [3.63, 3.8) is 0 Å². The number of likely N-dealkylation sites (N-methyl/N-ethyl adjacent to an activating group) is 1. The van der Waals surface area contributed by atoms with Crippen LogP contribution < -0.4 is 5.32 Å². The van der Waals surface area contributed by atoms with E-state index in [0.717, 1.165) is 19.6 Å². The minimum Gasteiger partial charge on any atom is -0.348 e. The van der Waals surface area contributed by atoms with E-state index in [1.54, 1.807) is 0 Å². The Morgan fingerprint density at radius 3 is 2.75 bits per heavy atom. The Balaban J connectivity index is 1.56. The Bertz CT molecular complexity index is 586. The SMILES string of the molecule is CC(NC(=O)CN1CCN(C)CC1C)c1ccc2c(c1)CCCC2. The summed E-state index contributed by atoms with van der Waals surface area (Å²) in [5, 5.41) is 3.19. The molecule has 4 heteroatoms. The Labute approximate surface area is 146 Å². The minimum atomic E-state index is 0.0764. The molecule has 1 fully saturated rings. The van der Waals surface area contributed by atoms with Crippen molar-refractivity contribution in [2.24, 2.45) is 0 Å². The molecule has 0 saturated carbocycles. The van der Waals surface area contributed by atoms with E-state index in [0.29, 0.717) is 12.6 Å². The van der Waals surface area contributed by atoms with Gasteiger partial charge < -0.3 is 10.2 Å². The van der Waals surface area contributed by atoms with Crippen LogP contribution in [0.5, 0.6) is 0 Å². The van der Waals surface area contributed by atoms with Crippen LogP contribution in [0.25, 0.3) is 0 Å². The first-order valence-electron chi connectivity index (χ1n) is 9.36. The Morgan fingerprint density at radius 1 is 1.25 bits per heavy atom. The van der Waals surface area contributed by atoms with Gasteiger partial charge in [-0.05, 0) is 63.3 Å². The molecule has 0 spiro atoms. The lowest BCUT2D eigenvalue weighted by molar-refractivity contribution is -0.124. The molecule has 0 bridgehead atoms. The number of rotatable bonds is 4. The summed E-state index contributed by atoms with van der Waals surface area (Å²) in [7, 11) is 2.14. The summed E-state index contributed by atoms with van der Waals surface area (Å²) in [6, 6.07) is 7.27. The van der Waals surface area contributed by atoms with Crippen molar-refractivity contribution in [3.8, 4) is 0 Å². The Hall–Kier alpha value is -1.39. The lowest BCUT2D eigenvalue weighted by Crippen LogP contribution is -2.53. The largest absolute Gasteiger partial charge is 0.348 e. The molecule has 1 aliphatic heterocycles. The molecule has 0 aromatic heterocycles. The van der Waals surface area contributed by atoms with E-state index < -0.39 is 0 Å². The second kappa shape index (κ2) is 7.66. The molecule has 1 heterocycles. The number of benzene rings is 1. The molecule has 1 amide bonds. The van der Waals surface area contributed by atoms with Crippen LogP contribution in [0.15, 0.2) is 18.2 Å². The van der Waals surface area contributed by atoms with Gasteiger partial charge in [0.15, 0.2) is 0 Å². The molecule has 2 unspecified atom stereocenters. The van der Waals surface area contributed by atoms with Gasteiger partial charge in [-0.25, -0.2) is 0 Å². The molecular formula is C20H31N3O. The van der Waals surface area contributed by atoms with Gasteiger partial charge in [-0.1, -0.05) is 18.2 Å². The van der Waals surface area contributed by atoms with E-state index in [2.05, 4.69) is 54.2 Å². The van der Waals surface area contributed by atoms with Crippen LogP contribution in [-0.4, -0.2) is 55.0 Å². The summed E-state index contributed by atoms with van der Waals surface area (Å²) in [6.45, 7) is 7.85. The van der Waals surface area contributed by atoms with Crippen molar-refractivity contribution < 1.29 is 4.79 Å². The average Bonchev–Trinajstić information content (AvgIpc) is 2.57. The van der Waals surface area contributed by atoms with Gasteiger partial charge in [0, 0.05) is 25.7 Å². The van der Waals surface area contributed by atoms with Crippen LogP contribution in [0.4, 0.5) is 0 Å². The van der Waals surface area contributed by atoms with Gasteiger partial charge in [0.25, 0.3) is 0 Å². The van der Waals surface area contributed by atoms with E-state index in [1.165, 1.54) is 42.4 Å². The summed E-state index contributed by atoms with van der Waals surface area (Å²) in [5.41, 5.74) is 4.21. The standard InChI is InChI=1S/C20H31N3O/c1-15-13-22(3)10-11-23(15)14-20(24)21-16(2)18-9-8-17-6-4-5-7-19(17)12-18/h8-9,12,15-16H,4-7,10-11,13-14H2,1-3H3,(H,21,24). The van der Waals surface area contributed by atoms with Gasteiger partial charge >= 0.3 is 0 Å². The van der Waals surface area contributed by atoms with Crippen LogP contribution in [0.2, 0.25) is 0 Å². The van der Waals surface area contributed by atoms with E-state index in [-0.39, 0.29) is 11.9 Å². The number of hydrogen-bond donors (Lipinski definition) is 1. The molecule has 4 nitrogen and oxygen atoms in total. The molecule has 1 aromatic rings.